The Bertz CT molecular complexity index is 670. The maximum atomic E-state index is 6.17. The Morgan fingerprint density at radius 2 is 2.05 bits per heavy atom. The molecule has 0 saturated carbocycles. The Balaban J connectivity index is 1.60. The largest absolute Gasteiger partial charge is 0.489 e. The van der Waals surface area contributed by atoms with Crippen LogP contribution in [0.1, 0.15) is 29.5 Å². The molecule has 0 aromatic heterocycles. The molecule has 2 heterocycles. The molecule has 1 N–H and O–H groups in total. The first kappa shape index (κ1) is 13.8. The normalized spacial score (nSPS) is 26.3. The van der Waals surface area contributed by atoms with Gasteiger partial charge in [0, 0.05) is 24.6 Å². The summed E-state index contributed by atoms with van der Waals surface area (Å²) >= 11 is 0. The van der Waals surface area contributed by atoms with E-state index < -0.39 is 0 Å². The minimum Gasteiger partial charge on any atom is -0.489 e. The van der Waals surface area contributed by atoms with Crippen molar-refractivity contribution in [2.24, 2.45) is 0 Å². The highest BCUT2D eigenvalue weighted by molar-refractivity contribution is 5.45. The Labute approximate surface area is 131 Å². The first-order chi connectivity index (χ1) is 10.8. The molecule has 3 nitrogen and oxygen atoms in total. The molecule has 0 unspecified atom stereocenters. The van der Waals surface area contributed by atoms with Crippen molar-refractivity contribution >= 4 is 0 Å². The van der Waals surface area contributed by atoms with Gasteiger partial charge in [-0.1, -0.05) is 42.5 Å². The number of nitrogens with one attached hydrogen (secondary N) is 1. The minimum absolute atomic E-state index is 0.0783. The van der Waals surface area contributed by atoms with Crippen LogP contribution >= 0.6 is 0 Å². The molecule has 0 amide bonds. The maximum Gasteiger partial charge on any atom is 0.125 e. The number of rotatable bonds is 3. The highest BCUT2D eigenvalue weighted by atomic mass is 16.5. The smallest absolute Gasteiger partial charge is 0.125 e. The number of benzene rings is 2. The molecule has 4 rings (SSSR count). The number of hydrogen-bond donors (Lipinski definition) is 1. The maximum absolute atomic E-state index is 6.17. The van der Waals surface area contributed by atoms with Crippen LogP contribution in [0.3, 0.4) is 0 Å². The van der Waals surface area contributed by atoms with Gasteiger partial charge in [-0.05, 0) is 24.1 Å². The van der Waals surface area contributed by atoms with E-state index in [2.05, 4.69) is 42.6 Å². The zero-order valence-electron chi connectivity index (χ0n) is 12.8. The summed E-state index contributed by atoms with van der Waals surface area (Å²) in [7, 11) is 0. The molecule has 2 aliphatic rings. The van der Waals surface area contributed by atoms with E-state index in [0.29, 0.717) is 19.1 Å². The van der Waals surface area contributed by atoms with E-state index in [1.807, 2.05) is 18.2 Å². The van der Waals surface area contributed by atoms with Crippen molar-refractivity contribution in [3.8, 4) is 5.75 Å². The van der Waals surface area contributed by atoms with E-state index in [9.17, 15) is 0 Å². The zero-order chi connectivity index (χ0) is 15.0. The van der Waals surface area contributed by atoms with Crippen LogP contribution in [0.4, 0.5) is 0 Å². The van der Waals surface area contributed by atoms with E-state index in [-0.39, 0.29) is 5.60 Å². The van der Waals surface area contributed by atoms with Crippen molar-refractivity contribution in [3.63, 3.8) is 0 Å². The molecule has 2 aromatic carbocycles. The van der Waals surface area contributed by atoms with Crippen molar-refractivity contribution in [3.05, 3.63) is 65.2 Å². The third-order valence-corrected chi connectivity index (χ3v) is 4.89. The minimum atomic E-state index is -0.0783. The quantitative estimate of drug-likeness (QED) is 0.943. The van der Waals surface area contributed by atoms with Gasteiger partial charge < -0.3 is 14.8 Å². The summed E-state index contributed by atoms with van der Waals surface area (Å²) in [4.78, 5) is 0. The Morgan fingerprint density at radius 3 is 2.91 bits per heavy atom. The number of ether oxygens (including phenoxy) is 2. The summed E-state index contributed by atoms with van der Waals surface area (Å²) in [6.07, 6.45) is 0. The summed E-state index contributed by atoms with van der Waals surface area (Å²) in [5.74, 6) is 1.37. The van der Waals surface area contributed by atoms with Gasteiger partial charge >= 0.3 is 0 Å². The van der Waals surface area contributed by atoms with E-state index in [0.717, 1.165) is 18.8 Å². The number of hydrogen-bond acceptors (Lipinski definition) is 3. The SMILES string of the molecule is C[C@]12CNC[C@@H]1c1cccc(OCc3ccccc3)c1CO2. The summed E-state index contributed by atoms with van der Waals surface area (Å²) < 4.78 is 12.2. The average Bonchev–Trinajstić information content (AvgIpc) is 2.96. The summed E-state index contributed by atoms with van der Waals surface area (Å²) in [6, 6.07) is 16.7. The van der Waals surface area contributed by atoms with E-state index in [1.54, 1.807) is 0 Å². The van der Waals surface area contributed by atoms with Crippen molar-refractivity contribution in [2.75, 3.05) is 13.1 Å². The summed E-state index contributed by atoms with van der Waals surface area (Å²) in [5, 5.41) is 3.46. The fraction of sp³-hybridized carbons (Fsp3) is 0.368. The van der Waals surface area contributed by atoms with Crippen LogP contribution in [0.25, 0.3) is 0 Å². The standard InChI is InChI=1S/C19H21NO2/c1-19-13-20-10-17(19)15-8-5-9-18(16(15)12-22-19)21-11-14-6-3-2-4-7-14/h2-9,17,20H,10-13H2,1H3/t17-,19+/m1/s1. The van der Waals surface area contributed by atoms with Crippen LogP contribution in [-0.4, -0.2) is 18.7 Å². The monoisotopic (exact) mass is 295 g/mol. The summed E-state index contributed by atoms with van der Waals surface area (Å²) in [6.45, 7) is 5.34. The van der Waals surface area contributed by atoms with E-state index in [1.165, 1.54) is 16.7 Å². The highest BCUT2D eigenvalue weighted by Gasteiger charge is 2.45. The molecule has 0 bridgehead atoms. The van der Waals surface area contributed by atoms with Crippen molar-refractivity contribution in [1.82, 2.24) is 5.32 Å². The Morgan fingerprint density at radius 1 is 1.18 bits per heavy atom. The zero-order valence-corrected chi connectivity index (χ0v) is 12.8. The molecular formula is C19H21NO2. The predicted octanol–water partition coefficient (Wildman–Crippen LogP) is 3.24. The van der Waals surface area contributed by atoms with Gasteiger partial charge in [0.15, 0.2) is 0 Å². The van der Waals surface area contributed by atoms with E-state index in [4.69, 9.17) is 9.47 Å². The molecule has 2 aliphatic heterocycles. The molecular weight excluding hydrogens is 274 g/mol. The van der Waals surface area contributed by atoms with Crippen LogP contribution in [0.15, 0.2) is 48.5 Å². The third-order valence-electron chi connectivity index (χ3n) is 4.89. The van der Waals surface area contributed by atoms with Gasteiger partial charge in [0.2, 0.25) is 0 Å². The molecule has 0 spiro atoms. The molecule has 2 aromatic rings. The second-order valence-corrected chi connectivity index (χ2v) is 6.38. The molecule has 114 valence electrons. The van der Waals surface area contributed by atoms with Crippen LogP contribution in [0, 0.1) is 0 Å². The first-order valence-corrected chi connectivity index (χ1v) is 7.89. The van der Waals surface area contributed by atoms with Crippen LogP contribution in [0.2, 0.25) is 0 Å². The topological polar surface area (TPSA) is 30.5 Å². The van der Waals surface area contributed by atoms with Crippen molar-refractivity contribution in [2.45, 2.75) is 31.7 Å². The molecule has 0 radical (unpaired) electrons. The lowest BCUT2D eigenvalue weighted by molar-refractivity contribution is -0.0527. The van der Waals surface area contributed by atoms with Gasteiger partial charge in [-0.3, -0.25) is 0 Å². The molecule has 1 fully saturated rings. The summed E-state index contributed by atoms with van der Waals surface area (Å²) in [5.41, 5.74) is 3.70. The fourth-order valence-electron chi connectivity index (χ4n) is 3.57. The molecule has 1 saturated heterocycles. The lowest BCUT2D eigenvalue weighted by Gasteiger charge is -2.37. The van der Waals surface area contributed by atoms with Crippen LogP contribution in [-0.2, 0) is 18.0 Å². The van der Waals surface area contributed by atoms with Gasteiger partial charge in [0.25, 0.3) is 0 Å². The van der Waals surface area contributed by atoms with Crippen molar-refractivity contribution < 1.29 is 9.47 Å². The second-order valence-electron chi connectivity index (χ2n) is 6.38. The van der Waals surface area contributed by atoms with Crippen LogP contribution in [0.5, 0.6) is 5.75 Å². The lowest BCUT2D eigenvalue weighted by atomic mass is 9.81. The third kappa shape index (κ3) is 2.31. The molecule has 2 atom stereocenters. The predicted molar refractivity (Wildman–Crippen MR) is 86.0 cm³/mol. The van der Waals surface area contributed by atoms with Crippen molar-refractivity contribution in [1.29, 1.82) is 0 Å². The first-order valence-electron chi connectivity index (χ1n) is 7.89. The highest BCUT2D eigenvalue weighted by Crippen LogP contribution is 2.43. The van der Waals surface area contributed by atoms with Gasteiger partial charge in [-0.25, -0.2) is 0 Å². The van der Waals surface area contributed by atoms with Gasteiger partial charge in [0.1, 0.15) is 12.4 Å². The van der Waals surface area contributed by atoms with Gasteiger partial charge in [-0.2, -0.15) is 0 Å². The number of fused-ring (bicyclic) bond motifs is 3. The van der Waals surface area contributed by atoms with Gasteiger partial charge in [-0.15, -0.1) is 0 Å². The molecule has 22 heavy (non-hydrogen) atoms. The Kier molecular flexibility index (Phi) is 3.40. The Hall–Kier alpha value is -1.84. The molecule has 0 aliphatic carbocycles. The van der Waals surface area contributed by atoms with Crippen LogP contribution < -0.4 is 10.1 Å². The fourth-order valence-corrected chi connectivity index (χ4v) is 3.57. The lowest BCUT2D eigenvalue weighted by Crippen LogP contribution is -2.39. The van der Waals surface area contributed by atoms with Gasteiger partial charge in [0.05, 0.1) is 12.2 Å². The second kappa shape index (κ2) is 5.41. The molecule has 3 heteroatoms. The van der Waals surface area contributed by atoms with E-state index >= 15 is 0 Å². The average molecular weight is 295 g/mol.